The first-order valence-electron chi connectivity index (χ1n) is 6.12. The van der Waals surface area contributed by atoms with E-state index in [0.29, 0.717) is 0 Å². The lowest BCUT2D eigenvalue weighted by Gasteiger charge is -2.09. The number of aryl methyl sites for hydroxylation is 1. The van der Waals surface area contributed by atoms with Crippen molar-refractivity contribution in [3.05, 3.63) is 36.8 Å². The lowest BCUT2D eigenvalue weighted by atomic mass is 9.96. The zero-order chi connectivity index (χ0) is 13.2. The third-order valence-electron chi connectivity index (χ3n) is 3.17. The summed E-state index contributed by atoms with van der Waals surface area (Å²) in [6, 6.07) is 6.37. The van der Waals surface area contributed by atoms with Crippen LogP contribution < -0.4 is 0 Å². The quantitative estimate of drug-likeness (QED) is 0.696. The van der Waals surface area contributed by atoms with Crippen LogP contribution in [0.25, 0.3) is 0 Å². The van der Waals surface area contributed by atoms with Gasteiger partial charge in [-0.2, -0.15) is 5.26 Å². The fraction of sp³-hybridized carbons (Fsp3) is 0.286. The molecule has 5 heteroatoms. The summed E-state index contributed by atoms with van der Waals surface area (Å²) in [5.41, 5.74) is 2.05. The molecule has 0 spiro atoms. The van der Waals surface area contributed by atoms with Gasteiger partial charge in [-0.25, -0.2) is 4.99 Å². The third kappa shape index (κ3) is 2.66. The average molecular weight is 351 g/mol. The molecule has 96 valence electrons. The normalized spacial score (nSPS) is 14.5. The van der Waals surface area contributed by atoms with Crippen molar-refractivity contribution < 1.29 is 0 Å². The van der Waals surface area contributed by atoms with E-state index in [-0.39, 0.29) is 0 Å². The maximum Gasteiger partial charge on any atom is 0.134 e. The van der Waals surface area contributed by atoms with Crippen LogP contribution in [0.1, 0.15) is 33.7 Å². The van der Waals surface area contributed by atoms with Crippen molar-refractivity contribution >= 4 is 49.8 Å². The fourth-order valence-electron chi connectivity index (χ4n) is 2.28. The second kappa shape index (κ2) is 5.58. The number of nitrogens with zero attached hydrogens (tertiary/aromatic N) is 2. The molecule has 19 heavy (non-hydrogen) atoms. The van der Waals surface area contributed by atoms with Gasteiger partial charge in [-0.15, -0.1) is 22.7 Å². The molecule has 0 atom stereocenters. The van der Waals surface area contributed by atoms with Gasteiger partial charge >= 0.3 is 0 Å². The van der Waals surface area contributed by atoms with Crippen molar-refractivity contribution in [3.8, 4) is 6.07 Å². The van der Waals surface area contributed by atoms with Gasteiger partial charge in [0.15, 0.2) is 0 Å². The standard InChI is InChI=1S/C14H11BrN2S2/c15-13-6-5-9(18-13)8-17-14-11(7-16)10-3-1-2-4-12(10)19-14/h5-6,8H,1-4H2/b17-8+. The Morgan fingerprint density at radius 1 is 1.26 bits per heavy atom. The minimum absolute atomic E-state index is 0.798. The summed E-state index contributed by atoms with van der Waals surface area (Å²) in [5.74, 6) is 0. The van der Waals surface area contributed by atoms with E-state index >= 15 is 0 Å². The molecule has 1 aliphatic rings. The second-order valence-electron chi connectivity index (χ2n) is 4.40. The number of hydrogen-bond donors (Lipinski definition) is 0. The molecule has 3 rings (SSSR count). The number of fused-ring (bicyclic) bond motifs is 1. The van der Waals surface area contributed by atoms with Gasteiger partial charge in [0, 0.05) is 16.0 Å². The van der Waals surface area contributed by atoms with Gasteiger partial charge in [0.2, 0.25) is 0 Å². The first-order chi connectivity index (χ1) is 9.28. The molecule has 0 bridgehead atoms. The summed E-state index contributed by atoms with van der Waals surface area (Å²) in [7, 11) is 0. The van der Waals surface area contributed by atoms with Crippen molar-refractivity contribution in [1.82, 2.24) is 0 Å². The molecule has 0 aromatic carbocycles. The highest BCUT2D eigenvalue weighted by molar-refractivity contribution is 9.11. The van der Waals surface area contributed by atoms with Crippen LogP contribution in [0.3, 0.4) is 0 Å². The van der Waals surface area contributed by atoms with Crippen LogP contribution in [0, 0.1) is 11.3 Å². The molecule has 0 aliphatic heterocycles. The Hall–Kier alpha value is -0.960. The van der Waals surface area contributed by atoms with E-state index < -0.39 is 0 Å². The van der Waals surface area contributed by atoms with E-state index in [1.165, 1.54) is 23.3 Å². The Morgan fingerprint density at radius 3 is 2.84 bits per heavy atom. The van der Waals surface area contributed by atoms with E-state index in [4.69, 9.17) is 0 Å². The Kier molecular flexibility index (Phi) is 3.83. The monoisotopic (exact) mass is 350 g/mol. The largest absolute Gasteiger partial charge is 0.243 e. The van der Waals surface area contributed by atoms with Crippen LogP contribution in [0.5, 0.6) is 0 Å². The van der Waals surface area contributed by atoms with E-state index in [1.807, 2.05) is 18.3 Å². The van der Waals surface area contributed by atoms with Gasteiger partial charge in [-0.3, -0.25) is 0 Å². The highest BCUT2D eigenvalue weighted by Crippen LogP contribution is 2.39. The van der Waals surface area contributed by atoms with Crippen LogP contribution in [-0.4, -0.2) is 6.21 Å². The van der Waals surface area contributed by atoms with E-state index in [2.05, 4.69) is 27.0 Å². The molecule has 2 aromatic heterocycles. The Labute approximate surface area is 128 Å². The number of nitriles is 1. The van der Waals surface area contributed by atoms with E-state index in [0.717, 1.165) is 32.1 Å². The molecular formula is C14H11BrN2S2. The Bertz CT molecular complexity index is 676. The molecular weight excluding hydrogens is 340 g/mol. The van der Waals surface area contributed by atoms with Gasteiger partial charge in [-0.05, 0) is 59.3 Å². The summed E-state index contributed by atoms with van der Waals surface area (Å²) in [6.07, 6.45) is 6.43. The van der Waals surface area contributed by atoms with Crippen LogP contribution >= 0.6 is 38.6 Å². The topological polar surface area (TPSA) is 36.1 Å². The first-order valence-corrected chi connectivity index (χ1v) is 8.54. The van der Waals surface area contributed by atoms with Crippen LogP contribution in [0.2, 0.25) is 0 Å². The van der Waals surface area contributed by atoms with Crippen molar-refractivity contribution in [2.45, 2.75) is 25.7 Å². The third-order valence-corrected chi connectivity index (χ3v) is 5.93. The highest BCUT2D eigenvalue weighted by Gasteiger charge is 2.20. The van der Waals surface area contributed by atoms with Gasteiger partial charge in [0.05, 0.1) is 9.35 Å². The highest BCUT2D eigenvalue weighted by atomic mass is 79.9. The molecule has 0 fully saturated rings. The first kappa shape index (κ1) is 13.0. The smallest absolute Gasteiger partial charge is 0.134 e. The lowest BCUT2D eigenvalue weighted by Crippen LogP contribution is -1.99. The zero-order valence-electron chi connectivity index (χ0n) is 10.1. The van der Waals surface area contributed by atoms with Crippen molar-refractivity contribution in [2.75, 3.05) is 0 Å². The van der Waals surface area contributed by atoms with E-state index in [9.17, 15) is 5.26 Å². The van der Waals surface area contributed by atoms with Gasteiger partial charge in [0.25, 0.3) is 0 Å². The van der Waals surface area contributed by atoms with Crippen LogP contribution in [0.4, 0.5) is 5.00 Å². The van der Waals surface area contributed by atoms with Crippen molar-refractivity contribution in [1.29, 1.82) is 5.26 Å². The minimum atomic E-state index is 0.798. The molecule has 0 amide bonds. The molecule has 0 N–H and O–H groups in total. The molecule has 2 aromatic rings. The average Bonchev–Trinajstić information content (AvgIpc) is 2.99. The number of rotatable bonds is 2. The summed E-state index contributed by atoms with van der Waals surface area (Å²) in [4.78, 5) is 6.99. The predicted molar refractivity (Wildman–Crippen MR) is 84.9 cm³/mol. The second-order valence-corrected chi connectivity index (χ2v) is 7.98. The van der Waals surface area contributed by atoms with Gasteiger partial charge in [-0.1, -0.05) is 0 Å². The number of halogens is 1. The summed E-state index contributed by atoms with van der Waals surface area (Å²) >= 11 is 6.77. The molecule has 0 saturated heterocycles. The van der Waals surface area contributed by atoms with Crippen LogP contribution in [-0.2, 0) is 12.8 Å². The summed E-state index contributed by atoms with van der Waals surface area (Å²) in [6.45, 7) is 0. The summed E-state index contributed by atoms with van der Waals surface area (Å²) in [5, 5.41) is 10.2. The van der Waals surface area contributed by atoms with Gasteiger partial charge < -0.3 is 0 Å². The molecule has 1 aliphatic carbocycles. The van der Waals surface area contributed by atoms with Crippen molar-refractivity contribution in [3.63, 3.8) is 0 Å². The number of thiophene rings is 2. The van der Waals surface area contributed by atoms with Gasteiger partial charge in [0.1, 0.15) is 11.1 Å². The zero-order valence-corrected chi connectivity index (χ0v) is 13.4. The maximum absolute atomic E-state index is 9.34. The van der Waals surface area contributed by atoms with E-state index in [1.54, 1.807) is 22.7 Å². The summed E-state index contributed by atoms with van der Waals surface area (Å²) < 4.78 is 1.10. The Morgan fingerprint density at radius 2 is 2.11 bits per heavy atom. The van der Waals surface area contributed by atoms with Crippen molar-refractivity contribution in [2.24, 2.45) is 4.99 Å². The lowest BCUT2D eigenvalue weighted by molar-refractivity contribution is 0.696. The number of aliphatic imine (C=N–C) groups is 1. The molecule has 2 nitrogen and oxygen atoms in total. The molecule has 0 radical (unpaired) electrons. The number of hydrogen-bond acceptors (Lipinski definition) is 4. The fourth-order valence-corrected chi connectivity index (χ4v) is 4.76. The maximum atomic E-state index is 9.34. The molecule has 0 unspecified atom stereocenters. The minimum Gasteiger partial charge on any atom is -0.243 e. The van der Waals surface area contributed by atoms with Crippen LogP contribution in [0.15, 0.2) is 20.9 Å². The molecule has 0 saturated carbocycles. The Balaban J connectivity index is 1.95. The SMILES string of the molecule is N#Cc1c(/N=C/c2ccc(Br)s2)sc2c1CCCC2. The predicted octanol–water partition coefficient (Wildman–Crippen LogP) is 5.07. The molecule has 2 heterocycles.